The predicted octanol–water partition coefficient (Wildman–Crippen LogP) is 1.23. The first-order valence-electron chi connectivity index (χ1n) is 15.3. The molecule has 39 heavy (non-hydrogen) atoms. The molecule has 0 aliphatic carbocycles. The summed E-state index contributed by atoms with van der Waals surface area (Å²) in [6.07, 6.45) is 1.22. The Bertz CT molecular complexity index is 673. The molecule has 2 N–H and O–H groups in total. The highest BCUT2D eigenvalue weighted by Crippen LogP contribution is 2.46. The number of hydrogen-bond acceptors (Lipinski definition) is 9. The molecule has 0 spiro atoms. The number of ether oxygens (including phenoxy) is 4. The fraction of sp³-hybridized carbons (Fsp3) is 1.00. The van der Waals surface area contributed by atoms with E-state index in [2.05, 4.69) is 28.5 Å². The van der Waals surface area contributed by atoms with Crippen LogP contribution in [0.3, 0.4) is 0 Å². The SMILES string of the molecule is COCC1CCN(CC(C)C)CC1C1CN(CCO)CC(C2CN(CCO)CC(OC)C2COC)C1COC. The van der Waals surface area contributed by atoms with Crippen LogP contribution in [0.4, 0.5) is 0 Å². The average molecular weight is 558 g/mol. The lowest BCUT2D eigenvalue weighted by Crippen LogP contribution is -2.61. The topological polar surface area (TPSA) is 87.1 Å². The van der Waals surface area contributed by atoms with Gasteiger partial charge >= 0.3 is 0 Å². The van der Waals surface area contributed by atoms with Crippen molar-refractivity contribution < 1.29 is 29.2 Å². The lowest BCUT2D eigenvalue weighted by molar-refractivity contribution is -0.125. The molecule has 0 saturated carbocycles. The van der Waals surface area contributed by atoms with E-state index in [9.17, 15) is 10.2 Å². The van der Waals surface area contributed by atoms with Crippen molar-refractivity contribution in [3.05, 3.63) is 0 Å². The summed E-state index contributed by atoms with van der Waals surface area (Å²) in [4.78, 5) is 7.54. The Morgan fingerprint density at radius 1 is 0.667 bits per heavy atom. The van der Waals surface area contributed by atoms with Crippen LogP contribution < -0.4 is 0 Å². The molecule has 9 heteroatoms. The summed E-state index contributed by atoms with van der Waals surface area (Å²) in [7, 11) is 7.28. The molecule has 9 nitrogen and oxygen atoms in total. The van der Waals surface area contributed by atoms with Crippen LogP contribution in [0.25, 0.3) is 0 Å². The molecule has 3 heterocycles. The molecule has 3 fully saturated rings. The summed E-state index contributed by atoms with van der Waals surface area (Å²) in [5, 5.41) is 19.8. The van der Waals surface area contributed by atoms with Gasteiger partial charge < -0.3 is 39.0 Å². The van der Waals surface area contributed by atoms with Gasteiger partial charge in [-0.2, -0.15) is 0 Å². The molecular weight excluding hydrogens is 498 g/mol. The van der Waals surface area contributed by atoms with Gasteiger partial charge in [0.15, 0.2) is 0 Å². The van der Waals surface area contributed by atoms with Gasteiger partial charge in [-0.1, -0.05) is 13.8 Å². The number of β-amino-alcohol motifs (C(OH)–C–C–N with tert-alkyl or cyclic N) is 2. The minimum Gasteiger partial charge on any atom is -0.395 e. The molecule has 3 aliphatic heterocycles. The van der Waals surface area contributed by atoms with Gasteiger partial charge in [-0.25, -0.2) is 0 Å². The van der Waals surface area contributed by atoms with Gasteiger partial charge in [-0.3, -0.25) is 4.90 Å². The average Bonchev–Trinajstić information content (AvgIpc) is 2.91. The molecule has 3 rings (SSSR count). The first kappa shape index (κ1) is 33.1. The molecule has 0 aromatic carbocycles. The molecule has 0 bridgehead atoms. The highest BCUT2D eigenvalue weighted by molar-refractivity contribution is 5.00. The zero-order chi connectivity index (χ0) is 28.4. The van der Waals surface area contributed by atoms with Crippen LogP contribution in [-0.4, -0.2) is 151 Å². The number of rotatable bonds is 15. The third kappa shape index (κ3) is 8.82. The Hall–Kier alpha value is -0.360. The Balaban J connectivity index is 1.99. The van der Waals surface area contributed by atoms with E-state index < -0.39 is 0 Å². The molecule has 3 aliphatic rings. The van der Waals surface area contributed by atoms with Crippen LogP contribution in [0.15, 0.2) is 0 Å². The number of aliphatic hydroxyl groups is 2. The van der Waals surface area contributed by atoms with E-state index in [1.807, 2.05) is 21.3 Å². The first-order chi connectivity index (χ1) is 18.9. The van der Waals surface area contributed by atoms with Gasteiger partial charge in [0.05, 0.1) is 25.9 Å². The van der Waals surface area contributed by atoms with Crippen LogP contribution >= 0.6 is 0 Å². The number of piperidine rings is 3. The smallest absolute Gasteiger partial charge is 0.0751 e. The van der Waals surface area contributed by atoms with Crippen LogP contribution in [0.5, 0.6) is 0 Å². The van der Waals surface area contributed by atoms with Crippen molar-refractivity contribution in [1.29, 1.82) is 0 Å². The van der Waals surface area contributed by atoms with Crippen LogP contribution in [-0.2, 0) is 18.9 Å². The molecular formula is C30H59N3O6. The van der Waals surface area contributed by atoms with E-state index in [1.54, 1.807) is 7.11 Å². The summed E-state index contributed by atoms with van der Waals surface area (Å²) < 4.78 is 23.6. The predicted molar refractivity (Wildman–Crippen MR) is 154 cm³/mol. The molecule has 0 amide bonds. The number of aliphatic hydroxyl groups excluding tert-OH is 2. The van der Waals surface area contributed by atoms with E-state index >= 15 is 0 Å². The van der Waals surface area contributed by atoms with Gasteiger partial charge in [0.1, 0.15) is 0 Å². The molecule has 0 radical (unpaired) electrons. The molecule has 0 aromatic rings. The molecule has 8 unspecified atom stereocenters. The van der Waals surface area contributed by atoms with Crippen molar-refractivity contribution in [1.82, 2.24) is 14.7 Å². The van der Waals surface area contributed by atoms with Gasteiger partial charge in [0, 0.05) is 99.9 Å². The second-order valence-electron chi connectivity index (χ2n) is 12.8. The minimum atomic E-state index is 0.0579. The van der Waals surface area contributed by atoms with E-state index in [0.717, 1.165) is 65.4 Å². The zero-order valence-electron chi connectivity index (χ0n) is 25.7. The monoisotopic (exact) mass is 557 g/mol. The summed E-state index contributed by atoms with van der Waals surface area (Å²) in [6, 6.07) is 0. The second kappa shape index (κ2) is 16.9. The van der Waals surface area contributed by atoms with Gasteiger partial charge in [0.25, 0.3) is 0 Å². The van der Waals surface area contributed by atoms with E-state index in [-0.39, 0.29) is 25.2 Å². The zero-order valence-corrected chi connectivity index (χ0v) is 25.7. The highest BCUT2D eigenvalue weighted by atomic mass is 16.5. The fourth-order valence-electron chi connectivity index (χ4n) is 8.24. The van der Waals surface area contributed by atoms with Gasteiger partial charge in [-0.15, -0.1) is 0 Å². The van der Waals surface area contributed by atoms with Crippen molar-refractivity contribution in [3.8, 4) is 0 Å². The molecule has 8 atom stereocenters. The van der Waals surface area contributed by atoms with Crippen molar-refractivity contribution >= 4 is 0 Å². The number of hydrogen-bond donors (Lipinski definition) is 2. The maximum absolute atomic E-state index is 10.0. The maximum Gasteiger partial charge on any atom is 0.0751 e. The summed E-state index contributed by atoms with van der Waals surface area (Å²) in [5.74, 6) is 3.51. The largest absolute Gasteiger partial charge is 0.395 e. The third-order valence-electron chi connectivity index (χ3n) is 9.82. The summed E-state index contributed by atoms with van der Waals surface area (Å²) >= 11 is 0. The third-order valence-corrected chi connectivity index (χ3v) is 9.82. The number of likely N-dealkylation sites (tertiary alicyclic amines) is 3. The Labute approximate surface area is 238 Å². The van der Waals surface area contributed by atoms with Crippen molar-refractivity contribution in [3.63, 3.8) is 0 Å². The van der Waals surface area contributed by atoms with Crippen LogP contribution in [0.1, 0.15) is 20.3 Å². The standard InChI is InChI=1S/C30H59N3O6/c1-22(2)13-31-8-7-23(19-36-3)24(14-31)25-15-32(9-11-34)16-26(28(25)20-37-4)27-17-33(10-12-35)18-30(39-6)29(27)21-38-5/h22-30,34-35H,7-21H2,1-6H3. The quantitative estimate of drug-likeness (QED) is 0.309. The second-order valence-corrected chi connectivity index (χ2v) is 12.8. The van der Waals surface area contributed by atoms with Crippen LogP contribution in [0.2, 0.25) is 0 Å². The Kier molecular flexibility index (Phi) is 14.4. The molecule has 0 aromatic heterocycles. The highest BCUT2D eigenvalue weighted by Gasteiger charge is 2.50. The van der Waals surface area contributed by atoms with E-state index in [4.69, 9.17) is 18.9 Å². The van der Waals surface area contributed by atoms with Crippen molar-refractivity contribution in [2.75, 3.05) is 120 Å². The molecule has 230 valence electrons. The van der Waals surface area contributed by atoms with E-state index in [0.29, 0.717) is 61.1 Å². The van der Waals surface area contributed by atoms with Gasteiger partial charge in [0.2, 0.25) is 0 Å². The Morgan fingerprint density at radius 3 is 1.72 bits per heavy atom. The minimum absolute atomic E-state index is 0.0579. The first-order valence-corrected chi connectivity index (χ1v) is 15.3. The van der Waals surface area contributed by atoms with Crippen molar-refractivity contribution in [2.24, 2.45) is 47.3 Å². The van der Waals surface area contributed by atoms with E-state index in [1.165, 1.54) is 0 Å². The normalized spacial score (nSPS) is 35.6. The number of nitrogens with zero attached hydrogens (tertiary/aromatic N) is 3. The molecule has 3 saturated heterocycles. The van der Waals surface area contributed by atoms with Crippen LogP contribution in [0, 0.1) is 47.3 Å². The maximum atomic E-state index is 10.0. The number of methoxy groups -OCH3 is 4. The summed E-state index contributed by atoms with van der Waals surface area (Å²) in [6.45, 7) is 15.5. The van der Waals surface area contributed by atoms with Gasteiger partial charge in [-0.05, 0) is 54.4 Å². The Morgan fingerprint density at radius 2 is 1.18 bits per heavy atom. The lowest BCUT2D eigenvalue weighted by atomic mass is 9.61. The summed E-state index contributed by atoms with van der Waals surface area (Å²) in [5.41, 5.74) is 0. The lowest BCUT2D eigenvalue weighted by Gasteiger charge is -2.55. The fourth-order valence-corrected chi connectivity index (χ4v) is 8.24. The van der Waals surface area contributed by atoms with Crippen molar-refractivity contribution in [2.45, 2.75) is 26.4 Å².